The minimum absolute atomic E-state index is 0.958. The van der Waals surface area contributed by atoms with Crippen molar-refractivity contribution in [1.29, 1.82) is 0 Å². The molecule has 2 aromatic carbocycles. The Balaban J connectivity index is 1.91. The molecule has 3 nitrogen and oxygen atoms in total. The third-order valence-corrected chi connectivity index (χ3v) is 5.85. The fraction of sp³-hybridized carbons (Fsp3) is 0.182. The van der Waals surface area contributed by atoms with E-state index in [1.807, 2.05) is 22.9 Å². The maximum atomic E-state index is 5.05. The Kier molecular flexibility index (Phi) is 3.68. The van der Waals surface area contributed by atoms with Gasteiger partial charge in [0.15, 0.2) is 5.65 Å². The van der Waals surface area contributed by atoms with Crippen molar-refractivity contribution < 1.29 is 0 Å². The number of hydrogen-bond donors (Lipinski definition) is 0. The number of aromatic nitrogens is 3. The lowest BCUT2D eigenvalue weighted by molar-refractivity contribution is 0.866. The van der Waals surface area contributed by atoms with Gasteiger partial charge in [-0.25, -0.2) is 9.67 Å². The number of para-hydroxylation sites is 1. The van der Waals surface area contributed by atoms with E-state index in [4.69, 9.17) is 10.1 Å². The van der Waals surface area contributed by atoms with Crippen LogP contribution in [0.3, 0.4) is 0 Å². The van der Waals surface area contributed by atoms with Crippen molar-refractivity contribution in [3.05, 3.63) is 76.0 Å². The number of aryl methyl sites for hydroxylation is 2. The largest absolute Gasteiger partial charge is 0.233 e. The molecule has 0 spiro atoms. The van der Waals surface area contributed by atoms with Gasteiger partial charge in [0.2, 0.25) is 0 Å². The van der Waals surface area contributed by atoms with E-state index >= 15 is 0 Å². The molecule has 4 aromatic rings. The van der Waals surface area contributed by atoms with Gasteiger partial charge in [0.1, 0.15) is 0 Å². The zero-order valence-corrected chi connectivity index (χ0v) is 16.1. The molecule has 0 N–H and O–H groups in total. The van der Waals surface area contributed by atoms with Crippen LogP contribution >= 0.6 is 15.9 Å². The van der Waals surface area contributed by atoms with E-state index in [0.29, 0.717) is 0 Å². The first-order valence-corrected chi connectivity index (χ1v) is 9.75. The molecule has 0 unspecified atom stereocenters. The highest BCUT2D eigenvalue weighted by Crippen LogP contribution is 2.41. The van der Waals surface area contributed by atoms with Crippen LogP contribution in [-0.2, 0) is 12.8 Å². The molecule has 4 heteroatoms. The second kappa shape index (κ2) is 6.06. The van der Waals surface area contributed by atoms with Gasteiger partial charge in [-0.05, 0) is 55.5 Å². The Morgan fingerprint density at radius 3 is 2.54 bits per heavy atom. The van der Waals surface area contributed by atoms with Gasteiger partial charge in [-0.3, -0.25) is 0 Å². The molecular weight excluding hydrogens is 386 g/mol. The van der Waals surface area contributed by atoms with Crippen molar-refractivity contribution in [2.45, 2.75) is 26.2 Å². The second-order valence-corrected chi connectivity index (χ2v) is 7.63. The van der Waals surface area contributed by atoms with Crippen LogP contribution in [0.15, 0.2) is 59.1 Å². The molecule has 0 aliphatic heterocycles. The number of halogens is 1. The molecule has 0 saturated carbocycles. The van der Waals surface area contributed by atoms with Crippen LogP contribution in [0.5, 0.6) is 0 Å². The molecular formula is C22H18BrN3. The van der Waals surface area contributed by atoms with E-state index in [1.54, 1.807) is 0 Å². The topological polar surface area (TPSA) is 30.7 Å². The molecule has 0 bridgehead atoms. The molecule has 26 heavy (non-hydrogen) atoms. The van der Waals surface area contributed by atoms with Crippen molar-refractivity contribution in [2.24, 2.45) is 0 Å². The van der Waals surface area contributed by atoms with Crippen molar-refractivity contribution in [1.82, 2.24) is 14.8 Å². The van der Waals surface area contributed by atoms with Crippen LogP contribution in [0, 0.1) is 6.92 Å². The van der Waals surface area contributed by atoms with Crippen LogP contribution in [-0.4, -0.2) is 14.8 Å². The van der Waals surface area contributed by atoms with E-state index in [2.05, 4.69) is 59.3 Å². The zero-order chi connectivity index (χ0) is 17.7. The third kappa shape index (κ3) is 2.32. The van der Waals surface area contributed by atoms with Gasteiger partial charge >= 0.3 is 0 Å². The van der Waals surface area contributed by atoms with Gasteiger partial charge in [-0.2, -0.15) is 5.10 Å². The first-order valence-electron chi connectivity index (χ1n) is 8.95. The summed E-state index contributed by atoms with van der Waals surface area (Å²) in [4.78, 5) is 5.05. The Labute approximate surface area is 160 Å². The Morgan fingerprint density at radius 2 is 1.73 bits per heavy atom. The van der Waals surface area contributed by atoms with Crippen LogP contribution in [0.25, 0.3) is 27.8 Å². The number of hydrogen-bond acceptors (Lipinski definition) is 2. The quantitative estimate of drug-likeness (QED) is 0.433. The van der Waals surface area contributed by atoms with E-state index < -0.39 is 0 Å². The first-order chi connectivity index (χ1) is 12.7. The molecule has 2 aromatic heterocycles. The van der Waals surface area contributed by atoms with Crippen molar-refractivity contribution in [2.75, 3.05) is 0 Å². The highest BCUT2D eigenvalue weighted by molar-refractivity contribution is 9.10. The van der Waals surface area contributed by atoms with Crippen LogP contribution in [0.4, 0.5) is 0 Å². The van der Waals surface area contributed by atoms with E-state index in [1.165, 1.54) is 34.2 Å². The van der Waals surface area contributed by atoms with Gasteiger partial charge in [-0.1, -0.05) is 52.3 Å². The summed E-state index contributed by atoms with van der Waals surface area (Å²) in [6.07, 6.45) is 3.30. The fourth-order valence-corrected chi connectivity index (χ4v) is 4.50. The molecule has 0 fully saturated rings. The van der Waals surface area contributed by atoms with E-state index in [0.717, 1.165) is 34.3 Å². The summed E-state index contributed by atoms with van der Waals surface area (Å²) in [7, 11) is 0. The van der Waals surface area contributed by atoms with Gasteiger partial charge in [-0.15, -0.1) is 0 Å². The lowest BCUT2D eigenvalue weighted by Gasteiger charge is -2.13. The maximum absolute atomic E-state index is 5.05. The third-order valence-electron chi connectivity index (χ3n) is 5.16. The van der Waals surface area contributed by atoms with Gasteiger partial charge < -0.3 is 0 Å². The highest BCUT2D eigenvalue weighted by atomic mass is 79.9. The SMILES string of the molecule is Cc1nn(-c2ccccc2)c2nc3c(c(-c4ccccc4Br)c12)CCC3. The average Bonchev–Trinajstić information content (AvgIpc) is 3.26. The van der Waals surface area contributed by atoms with Crippen LogP contribution in [0.2, 0.25) is 0 Å². The summed E-state index contributed by atoms with van der Waals surface area (Å²) in [6.45, 7) is 2.09. The Morgan fingerprint density at radius 1 is 0.962 bits per heavy atom. The molecule has 1 aliphatic rings. The number of pyridine rings is 1. The summed E-state index contributed by atoms with van der Waals surface area (Å²) in [5.41, 5.74) is 8.18. The number of fused-ring (bicyclic) bond motifs is 2. The predicted octanol–water partition coefficient (Wildman–Crippen LogP) is 5.65. The van der Waals surface area contributed by atoms with Gasteiger partial charge in [0.25, 0.3) is 0 Å². The van der Waals surface area contributed by atoms with E-state index in [-0.39, 0.29) is 0 Å². The first kappa shape index (κ1) is 15.8. The normalized spacial score (nSPS) is 13.3. The Bertz CT molecular complexity index is 1130. The number of benzene rings is 2. The van der Waals surface area contributed by atoms with Crippen LogP contribution in [0.1, 0.15) is 23.4 Å². The van der Waals surface area contributed by atoms with Crippen molar-refractivity contribution in [3.63, 3.8) is 0 Å². The maximum Gasteiger partial charge on any atom is 0.164 e. The lowest BCUT2D eigenvalue weighted by atomic mass is 9.95. The fourth-order valence-electron chi connectivity index (χ4n) is 4.02. The minimum atomic E-state index is 0.958. The summed E-state index contributed by atoms with van der Waals surface area (Å²) < 4.78 is 3.11. The molecule has 5 rings (SSSR count). The molecule has 0 radical (unpaired) electrons. The molecule has 0 atom stereocenters. The smallest absolute Gasteiger partial charge is 0.164 e. The van der Waals surface area contributed by atoms with Gasteiger partial charge in [0, 0.05) is 15.7 Å². The summed E-state index contributed by atoms with van der Waals surface area (Å²) in [5, 5.41) is 6.02. The minimum Gasteiger partial charge on any atom is -0.233 e. The summed E-state index contributed by atoms with van der Waals surface area (Å²) >= 11 is 3.76. The molecule has 0 amide bonds. The van der Waals surface area contributed by atoms with Gasteiger partial charge in [0.05, 0.1) is 16.8 Å². The highest BCUT2D eigenvalue weighted by Gasteiger charge is 2.25. The number of nitrogens with zero attached hydrogens (tertiary/aromatic N) is 3. The summed E-state index contributed by atoms with van der Waals surface area (Å²) in [5.74, 6) is 0. The second-order valence-electron chi connectivity index (χ2n) is 6.78. The molecule has 2 heterocycles. The summed E-state index contributed by atoms with van der Waals surface area (Å²) in [6, 6.07) is 18.7. The van der Waals surface area contributed by atoms with Crippen molar-refractivity contribution >= 4 is 27.0 Å². The molecule has 1 aliphatic carbocycles. The van der Waals surface area contributed by atoms with Crippen molar-refractivity contribution in [3.8, 4) is 16.8 Å². The molecule has 128 valence electrons. The van der Waals surface area contributed by atoms with Crippen LogP contribution < -0.4 is 0 Å². The molecule has 0 saturated heterocycles. The predicted molar refractivity (Wildman–Crippen MR) is 109 cm³/mol. The number of rotatable bonds is 2. The monoisotopic (exact) mass is 403 g/mol. The lowest BCUT2D eigenvalue weighted by Crippen LogP contribution is -2.00. The standard InChI is InChI=1S/C22H18BrN3/c1-14-20-21(16-10-5-6-12-18(16)23)17-11-7-13-19(17)24-22(20)26(25-14)15-8-3-2-4-9-15/h2-6,8-10,12H,7,11,13H2,1H3. The van der Waals surface area contributed by atoms with E-state index in [9.17, 15) is 0 Å². The average molecular weight is 404 g/mol. The Hall–Kier alpha value is -2.46. The zero-order valence-electron chi connectivity index (χ0n) is 14.5.